The number of benzene rings is 2. The quantitative estimate of drug-likeness (QED) is 0.893. The molecular weight excluding hydrogens is 268 g/mol. The molecule has 1 heterocycles. The van der Waals surface area contributed by atoms with Crippen LogP contribution in [0.5, 0.6) is 0 Å². The normalized spacial score (nSPS) is 14.8. The lowest BCUT2D eigenvalue weighted by atomic mass is 10.1. The van der Waals surface area contributed by atoms with Gasteiger partial charge < -0.3 is 10.6 Å². The number of nitrogens with two attached hydrogens (primary N) is 1. The van der Waals surface area contributed by atoms with Crippen LogP contribution in [0.15, 0.2) is 42.5 Å². The highest BCUT2D eigenvalue weighted by atomic mass is 35.5. The molecule has 0 spiro atoms. The first kappa shape index (κ1) is 13.5. The van der Waals surface area contributed by atoms with Crippen LogP contribution < -0.4 is 10.6 Å². The molecule has 1 aliphatic rings. The topological polar surface area (TPSA) is 29.3 Å². The highest BCUT2D eigenvalue weighted by Crippen LogP contribution is 2.35. The number of para-hydroxylation sites is 1. The van der Waals surface area contributed by atoms with E-state index in [9.17, 15) is 0 Å². The fraction of sp³-hybridized carbons (Fsp3) is 0.294. The van der Waals surface area contributed by atoms with Crippen LogP contribution in [0.25, 0.3) is 0 Å². The first-order chi connectivity index (χ1) is 9.79. The van der Waals surface area contributed by atoms with Crippen LogP contribution in [-0.2, 0) is 13.0 Å². The van der Waals surface area contributed by atoms with Crippen molar-refractivity contribution in [1.82, 2.24) is 0 Å². The Hall–Kier alpha value is -1.51. The maximum atomic E-state index is 6.09. The number of hydrogen-bond donors (Lipinski definition) is 1. The van der Waals surface area contributed by atoms with Crippen LogP contribution >= 0.6 is 11.6 Å². The highest BCUT2D eigenvalue weighted by molar-refractivity contribution is 6.30. The molecule has 0 aromatic heterocycles. The summed E-state index contributed by atoms with van der Waals surface area (Å²) >= 11 is 6.09. The van der Waals surface area contributed by atoms with Crippen molar-refractivity contribution in [3.05, 3.63) is 58.6 Å². The Bertz CT molecular complexity index is 610. The minimum atomic E-state index is 0.508. The van der Waals surface area contributed by atoms with Crippen molar-refractivity contribution in [2.45, 2.75) is 25.8 Å². The third-order valence-corrected chi connectivity index (χ3v) is 4.15. The molecule has 0 saturated carbocycles. The van der Waals surface area contributed by atoms with Crippen molar-refractivity contribution in [3.8, 4) is 0 Å². The number of halogens is 1. The Kier molecular flexibility index (Phi) is 3.95. The fourth-order valence-electron chi connectivity index (χ4n) is 2.92. The van der Waals surface area contributed by atoms with Gasteiger partial charge in [0.1, 0.15) is 0 Å². The molecule has 20 heavy (non-hydrogen) atoms. The zero-order valence-corrected chi connectivity index (χ0v) is 12.2. The fourth-order valence-corrected chi connectivity index (χ4v) is 3.12. The van der Waals surface area contributed by atoms with Gasteiger partial charge in [0.25, 0.3) is 0 Å². The predicted molar refractivity (Wildman–Crippen MR) is 85.7 cm³/mol. The van der Waals surface area contributed by atoms with Crippen LogP contribution in [-0.4, -0.2) is 6.54 Å². The van der Waals surface area contributed by atoms with Crippen molar-refractivity contribution in [2.75, 3.05) is 11.4 Å². The molecule has 0 aliphatic carbocycles. The molecule has 0 saturated heterocycles. The summed E-state index contributed by atoms with van der Waals surface area (Å²) in [4.78, 5) is 2.39. The van der Waals surface area contributed by atoms with Gasteiger partial charge in [-0.05, 0) is 54.7 Å². The van der Waals surface area contributed by atoms with Gasteiger partial charge in [0.05, 0.1) is 0 Å². The van der Waals surface area contributed by atoms with Crippen molar-refractivity contribution < 1.29 is 0 Å². The molecule has 104 valence electrons. The summed E-state index contributed by atoms with van der Waals surface area (Å²) in [6.07, 6.45) is 3.58. The molecule has 0 radical (unpaired) electrons. The third kappa shape index (κ3) is 2.54. The van der Waals surface area contributed by atoms with Crippen LogP contribution in [0, 0.1) is 0 Å². The lowest BCUT2D eigenvalue weighted by molar-refractivity contribution is 0.759. The van der Waals surface area contributed by atoms with Crippen molar-refractivity contribution in [2.24, 2.45) is 5.73 Å². The van der Waals surface area contributed by atoms with Gasteiger partial charge in [0.2, 0.25) is 0 Å². The van der Waals surface area contributed by atoms with Gasteiger partial charge in [-0.3, -0.25) is 0 Å². The zero-order chi connectivity index (χ0) is 13.9. The average molecular weight is 287 g/mol. The first-order valence-electron chi connectivity index (χ1n) is 7.13. The number of fused-ring (bicyclic) bond motifs is 1. The summed E-state index contributed by atoms with van der Waals surface area (Å²) < 4.78 is 0. The summed E-state index contributed by atoms with van der Waals surface area (Å²) in [6, 6.07) is 14.7. The first-order valence-corrected chi connectivity index (χ1v) is 7.51. The Morgan fingerprint density at radius 1 is 1.05 bits per heavy atom. The van der Waals surface area contributed by atoms with Gasteiger partial charge in [-0.1, -0.05) is 29.8 Å². The number of rotatable bonds is 2. The van der Waals surface area contributed by atoms with E-state index >= 15 is 0 Å². The second-order valence-electron chi connectivity index (χ2n) is 5.21. The molecule has 3 rings (SSSR count). The molecule has 2 aromatic rings. The van der Waals surface area contributed by atoms with E-state index in [0.29, 0.717) is 6.54 Å². The Morgan fingerprint density at radius 3 is 2.75 bits per heavy atom. The number of aryl methyl sites for hydroxylation is 1. The summed E-state index contributed by atoms with van der Waals surface area (Å²) in [5.74, 6) is 0. The largest absolute Gasteiger partial charge is 0.341 e. The van der Waals surface area contributed by atoms with Crippen LogP contribution in [0.3, 0.4) is 0 Å². The van der Waals surface area contributed by atoms with Crippen LogP contribution in [0.2, 0.25) is 5.02 Å². The maximum Gasteiger partial charge on any atom is 0.0457 e. The van der Waals surface area contributed by atoms with Crippen LogP contribution in [0.1, 0.15) is 24.0 Å². The molecular formula is C17H19ClN2. The van der Waals surface area contributed by atoms with Crippen molar-refractivity contribution in [1.29, 1.82) is 0 Å². The molecule has 0 fully saturated rings. The van der Waals surface area contributed by atoms with Gasteiger partial charge >= 0.3 is 0 Å². The summed E-state index contributed by atoms with van der Waals surface area (Å²) in [6.45, 7) is 1.54. The Morgan fingerprint density at radius 2 is 1.90 bits per heavy atom. The van der Waals surface area contributed by atoms with Gasteiger partial charge in [-0.25, -0.2) is 0 Å². The minimum absolute atomic E-state index is 0.508. The van der Waals surface area contributed by atoms with Gasteiger partial charge in [-0.15, -0.1) is 0 Å². The number of hydrogen-bond acceptors (Lipinski definition) is 2. The number of anilines is 2. The molecule has 2 N–H and O–H groups in total. The van der Waals surface area contributed by atoms with E-state index in [1.165, 1.54) is 29.8 Å². The summed E-state index contributed by atoms with van der Waals surface area (Å²) in [5.41, 5.74) is 10.9. The Balaban J connectivity index is 2.10. The molecule has 0 unspecified atom stereocenters. The van der Waals surface area contributed by atoms with Gasteiger partial charge in [-0.2, -0.15) is 0 Å². The van der Waals surface area contributed by atoms with Crippen LogP contribution in [0.4, 0.5) is 11.4 Å². The second-order valence-corrected chi connectivity index (χ2v) is 5.65. The molecule has 0 bridgehead atoms. The molecule has 0 atom stereocenters. The molecule has 2 aromatic carbocycles. The maximum absolute atomic E-state index is 6.09. The second kappa shape index (κ2) is 5.86. The van der Waals surface area contributed by atoms with E-state index in [4.69, 9.17) is 17.3 Å². The smallest absolute Gasteiger partial charge is 0.0457 e. The lowest BCUT2D eigenvalue weighted by Gasteiger charge is -2.27. The highest BCUT2D eigenvalue weighted by Gasteiger charge is 2.18. The summed E-state index contributed by atoms with van der Waals surface area (Å²) in [7, 11) is 0. The zero-order valence-electron chi connectivity index (χ0n) is 11.5. The van der Waals surface area contributed by atoms with Crippen molar-refractivity contribution >= 4 is 23.0 Å². The van der Waals surface area contributed by atoms with Gasteiger partial charge in [0.15, 0.2) is 0 Å². The Labute approximate surface area is 125 Å². The van der Waals surface area contributed by atoms with E-state index < -0.39 is 0 Å². The SMILES string of the molecule is NCc1cc(Cl)ccc1N1CCCCc2ccccc21. The molecule has 1 aliphatic heterocycles. The van der Waals surface area contributed by atoms with E-state index in [-0.39, 0.29) is 0 Å². The van der Waals surface area contributed by atoms with E-state index in [2.05, 4.69) is 35.2 Å². The third-order valence-electron chi connectivity index (χ3n) is 3.91. The van der Waals surface area contributed by atoms with E-state index in [0.717, 1.165) is 23.6 Å². The molecule has 3 heteroatoms. The number of nitrogens with zero attached hydrogens (tertiary/aromatic N) is 1. The molecule has 2 nitrogen and oxygen atoms in total. The lowest BCUT2D eigenvalue weighted by Crippen LogP contribution is -2.20. The summed E-state index contributed by atoms with van der Waals surface area (Å²) in [5, 5.41) is 0.748. The van der Waals surface area contributed by atoms with E-state index in [1.807, 2.05) is 12.1 Å². The standard InChI is InChI=1S/C17H19ClN2/c18-15-8-9-17(14(11-15)12-19)20-10-4-3-6-13-5-1-2-7-16(13)20/h1-2,5,7-9,11H,3-4,6,10,12,19H2. The van der Waals surface area contributed by atoms with E-state index in [1.54, 1.807) is 0 Å². The minimum Gasteiger partial charge on any atom is -0.341 e. The van der Waals surface area contributed by atoms with Crippen molar-refractivity contribution in [3.63, 3.8) is 0 Å². The van der Waals surface area contributed by atoms with Gasteiger partial charge in [0, 0.05) is 29.5 Å². The molecule has 0 amide bonds. The average Bonchev–Trinajstić information content (AvgIpc) is 2.69. The predicted octanol–water partition coefficient (Wildman–Crippen LogP) is 4.27. The monoisotopic (exact) mass is 286 g/mol.